The van der Waals surface area contributed by atoms with E-state index in [1.165, 1.54) is 10.1 Å². The van der Waals surface area contributed by atoms with Crippen molar-refractivity contribution in [2.24, 2.45) is 0 Å². The van der Waals surface area contributed by atoms with E-state index in [2.05, 4.69) is 17.2 Å². The van der Waals surface area contributed by atoms with Crippen molar-refractivity contribution in [1.29, 1.82) is 0 Å². The van der Waals surface area contributed by atoms with Crippen LogP contribution in [0.25, 0.3) is 11.0 Å². The van der Waals surface area contributed by atoms with Gasteiger partial charge in [-0.25, -0.2) is 4.98 Å². The minimum atomic E-state index is -0.245. The standard InChI is InChI=1S/C19H19N3O2/c1-3-14-8-10-15(11-9-14)21-18(23)12-22-17-7-5-4-6-16(17)20-13(2)19(22)24/h4-11H,3,12H2,1-2H3,(H,21,23). The molecule has 0 aliphatic heterocycles. The number of hydrogen-bond donors (Lipinski definition) is 1. The van der Waals surface area contributed by atoms with Crippen molar-refractivity contribution in [2.45, 2.75) is 26.8 Å². The summed E-state index contributed by atoms with van der Waals surface area (Å²) in [5.41, 5.74) is 3.43. The SMILES string of the molecule is CCc1ccc(NC(=O)Cn2c(=O)c(C)nc3ccccc32)cc1. The normalized spacial score (nSPS) is 10.8. The van der Waals surface area contributed by atoms with Crippen LogP contribution in [0.2, 0.25) is 0 Å². The number of anilines is 1. The second-order valence-corrected chi connectivity index (χ2v) is 5.68. The molecule has 0 bridgehead atoms. The number of aromatic nitrogens is 2. The molecule has 0 spiro atoms. The van der Waals surface area contributed by atoms with Gasteiger partial charge in [-0.3, -0.25) is 14.2 Å². The summed E-state index contributed by atoms with van der Waals surface area (Å²) in [4.78, 5) is 29.0. The van der Waals surface area contributed by atoms with Gasteiger partial charge in [0.1, 0.15) is 12.2 Å². The maximum atomic E-state index is 12.4. The number of amides is 1. The Hall–Kier alpha value is -2.95. The fourth-order valence-electron chi connectivity index (χ4n) is 2.65. The largest absolute Gasteiger partial charge is 0.325 e. The van der Waals surface area contributed by atoms with E-state index in [9.17, 15) is 9.59 Å². The molecule has 2 aromatic carbocycles. The molecule has 1 heterocycles. The minimum Gasteiger partial charge on any atom is -0.325 e. The van der Waals surface area contributed by atoms with Crippen LogP contribution in [-0.4, -0.2) is 15.5 Å². The number of para-hydroxylation sites is 2. The zero-order chi connectivity index (χ0) is 17.1. The second kappa shape index (κ2) is 6.66. The fourth-order valence-corrected chi connectivity index (χ4v) is 2.65. The molecule has 0 atom stereocenters. The number of carbonyl (C=O) groups is 1. The van der Waals surface area contributed by atoms with E-state index in [0.717, 1.165) is 12.1 Å². The number of nitrogens with one attached hydrogen (secondary N) is 1. The maximum Gasteiger partial charge on any atom is 0.272 e. The Labute approximate surface area is 140 Å². The number of rotatable bonds is 4. The lowest BCUT2D eigenvalue weighted by Crippen LogP contribution is -2.30. The highest BCUT2D eigenvalue weighted by atomic mass is 16.2. The van der Waals surface area contributed by atoms with E-state index in [-0.39, 0.29) is 18.0 Å². The van der Waals surface area contributed by atoms with Gasteiger partial charge in [-0.15, -0.1) is 0 Å². The van der Waals surface area contributed by atoms with Gasteiger partial charge in [0.15, 0.2) is 0 Å². The van der Waals surface area contributed by atoms with E-state index in [1.807, 2.05) is 42.5 Å². The highest BCUT2D eigenvalue weighted by Crippen LogP contribution is 2.12. The number of benzene rings is 2. The molecule has 0 aliphatic rings. The van der Waals surface area contributed by atoms with Crippen molar-refractivity contribution in [3.63, 3.8) is 0 Å². The van der Waals surface area contributed by atoms with Crippen molar-refractivity contribution in [3.05, 3.63) is 70.1 Å². The fraction of sp³-hybridized carbons (Fsp3) is 0.211. The molecule has 5 heteroatoms. The Balaban J connectivity index is 1.87. The zero-order valence-corrected chi connectivity index (χ0v) is 13.7. The first-order valence-electron chi connectivity index (χ1n) is 7.93. The molecule has 0 radical (unpaired) electrons. The quantitative estimate of drug-likeness (QED) is 0.803. The van der Waals surface area contributed by atoms with Gasteiger partial charge >= 0.3 is 0 Å². The topological polar surface area (TPSA) is 64.0 Å². The average Bonchev–Trinajstić information content (AvgIpc) is 2.59. The van der Waals surface area contributed by atoms with Crippen molar-refractivity contribution in [2.75, 3.05) is 5.32 Å². The molecule has 0 aliphatic carbocycles. The van der Waals surface area contributed by atoms with Crippen LogP contribution in [0.15, 0.2) is 53.3 Å². The first-order chi connectivity index (χ1) is 11.6. The molecule has 3 aromatic rings. The summed E-state index contributed by atoms with van der Waals surface area (Å²) < 4.78 is 1.47. The van der Waals surface area contributed by atoms with Gasteiger partial charge in [0.05, 0.1) is 11.0 Å². The smallest absolute Gasteiger partial charge is 0.272 e. The third-order valence-corrected chi connectivity index (χ3v) is 3.96. The van der Waals surface area contributed by atoms with Crippen molar-refractivity contribution in [1.82, 2.24) is 9.55 Å². The predicted octanol–water partition coefficient (Wildman–Crippen LogP) is 2.91. The maximum absolute atomic E-state index is 12.4. The van der Waals surface area contributed by atoms with E-state index < -0.39 is 0 Å². The number of hydrogen-bond acceptors (Lipinski definition) is 3. The third-order valence-electron chi connectivity index (χ3n) is 3.96. The lowest BCUT2D eigenvalue weighted by Gasteiger charge is -2.11. The summed E-state index contributed by atoms with van der Waals surface area (Å²) in [6, 6.07) is 15.0. The van der Waals surface area contributed by atoms with Crippen molar-refractivity contribution >= 4 is 22.6 Å². The van der Waals surface area contributed by atoms with Crippen LogP contribution in [0.5, 0.6) is 0 Å². The van der Waals surface area contributed by atoms with Gasteiger partial charge in [0.25, 0.3) is 5.56 Å². The van der Waals surface area contributed by atoms with E-state index in [4.69, 9.17) is 0 Å². The summed E-state index contributed by atoms with van der Waals surface area (Å²) in [5, 5.41) is 2.83. The molecule has 0 saturated heterocycles. The zero-order valence-electron chi connectivity index (χ0n) is 13.7. The molecule has 0 saturated carbocycles. The van der Waals surface area contributed by atoms with Crippen LogP contribution in [0.3, 0.4) is 0 Å². The molecule has 122 valence electrons. The molecule has 1 aromatic heterocycles. The Morgan fingerprint density at radius 2 is 1.83 bits per heavy atom. The second-order valence-electron chi connectivity index (χ2n) is 5.68. The molecule has 24 heavy (non-hydrogen) atoms. The molecular weight excluding hydrogens is 302 g/mol. The van der Waals surface area contributed by atoms with Crippen LogP contribution in [0, 0.1) is 6.92 Å². The number of carbonyl (C=O) groups excluding carboxylic acids is 1. The summed E-state index contributed by atoms with van der Waals surface area (Å²) in [6.45, 7) is 3.70. The molecule has 0 unspecified atom stereocenters. The van der Waals surface area contributed by atoms with Gasteiger partial charge in [-0.2, -0.15) is 0 Å². The molecule has 3 rings (SSSR count). The molecule has 5 nitrogen and oxygen atoms in total. The van der Waals surface area contributed by atoms with Crippen molar-refractivity contribution < 1.29 is 4.79 Å². The summed E-state index contributed by atoms with van der Waals surface area (Å²) in [5.74, 6) is -0.239. The Kier molecular flexibility index (Phi) is 4.42. The Morgan fingerprint density at radius 1 is 1.12 bits per heavy atom. The lowest BCUT2D eigenvalue weighted by molar-refractivity contribution is -0.116. The highest BCUT2D eigenvalue weighted by Gasteiger charge is 2.11. The van der Waals surface area contributed by atoms with Crippen LogP contribution >= 0.6 is 0 Å². The van der Waals surface area contributed by atoms with Gasteiger partial charge < -0.3 is 5.32 Å². The first kappa shape index (κ1) is 15.9. The number of fused-ring (bicyclic) bond motifs is 1. The monoisotopic (exact) mass is 321 g/mol. The summed E-state index contributed by atoms with van der Waals surface area (Å²) >= 11 is 0. The Bertz CT molecular complexity index is 943. The first-order valence-corrected chi connectivity index (χ1v) is 7.93. The van der Waals surface area contributed by atoms with E-state index >= 15 is 0 Å². The van der Waals surface area contributed by atoms with Gasteiger partial charge in [-0.05, 0) is 43.2 Å². The van der Waals surface area contributed by atoms with Gasteiger partial charge in [-0.1, -0.05) is 31.2 Å². The van der Waals surface area contributed by atoms with E-state index in [0.29, 0.717) is 16.7 Å². The highest BCUT2D eigenvalue weighted by molar-refractivity contribution is 5.91. The summed E-state index contributed by atoms with van der Waals surface area (Å²) in [7, 11) is 0. The van der Waals surface area contributed by atoms with Gasteiger partial charge in [0.2, 0.25) is 5.91 Å². The van der Waals surface area contributed by atoms with Gasteiger partial charge in [0, 0.05) is 5.69 Å². The third kappa shape index (κ3) is 3.20. The molecule has 1 N–H and O–H groups in total. The average molecular weight is 321 g/mol. The molecule has 1 amide bonds. The Morgan fingerprint density at radius 3 is 2.54 bits per heavy atom. The van der Waals surface area contributed by atoms with Crippen molar-refractivity contribution in [3.8, 4) is 0 Å². The summed E-state index contributed by atoms with van der Waals surface area (Å²) in [6.07, 6.45) is 0.950. The number of aryl methyl sites for hydroxylation is 2. The molecular formula is C19H19N3O2. The van der Waals surface area contributed by atoms with Crippen LogP contribution in [0.4, 0.5) is 5.69 Å². The van der Waals surface area contributed by atoms with Crippen LogP contribution in [-0.2, 0) is 17.8 Å². The van der Waals surface area contributed by atoms with Crippen LogP contribution < -0.4 is 10.9 Å². The lowest BCUT2D eigenvalue weighted by atomic mass is 10.1. The minimum absolute atomic E-state index is 0.0434. The number of nitrogens with zero attached hydrogens (tertiary/aromatic N) is 2. The molecule has 0 fully saturated rings. The van der Waals surface area contributed by atoms with E-state index in [1.54, 1.807) is 13.0 Å². The predicted molar refractivity (Wildman–Crippen MR) is 95.2 cm³/mol. The van der Waals surface area contributed by atoms with Crippen LogP contribution in [0.1, 0.15) is 18.2 Å².